The first kappa shape index (κ1) is 18.8. The summed E-state index contributed by atoms with van der Waals surface area (Å²) in [5.74, 6) is 0.505. The van der Waals surface area contributed by atoms with Gasteiger partial charge >= 0.3 is 0 Å². The first-order valence-electron chi connectivity index (χ1n) is 8.35. The van der Waals surface area contributed by atoms with Gasteiger partial charge in [0.05, 0.1) is 0 Å². The Morgan fingerprint density at radius 3 is 1.48 bits per heavy atom. The molecule has 2 rings (SSSR count). The van der Waals surface area contributed by atoms with E-state index in [0.29, 0.717) is 12.8 Å². The summed E-state index contributed by atoms with van der Waals surface area (Å²) in [6.07, 6.45) is 4.34. The fraction of sp³-hybridized carbons (Fsp3) is 0.333. The highest BCUT2D eigenvalue weighted by atomic mass is 16.1. The molecule has 0 aromatic heterocycles. The molecule has 2 aromatic carbocycles. The van der Waals surface area contributed by atoms with Crippen LogP contribution >= 0.6 is 0 Å². The minimum atomic E-state index is 0.244. The molecule has 0 amide bonds. The summed E-state index contributed by atoms with van der Waals surface area (Å²) in [4.78, 5) is 22.6. The van der Waals surface area contributed by atoms with Crippen molar-refractivity contribution in [3.05, 3.63) is 71.8 Å². The van der Waals surface area contributed by atoms with Gasteiger partial charge in [-0.05, 0) is 12.8 Å². The number of Topliss-reactive ketones (excluding diaryl/α,β-unsaturated/α-hetero) is 2. The third-order valence-corrected chi connectivity index (χ3v) is 3.43. The molecule has 0 saturated carbocycles. The van der Waals surface area contributed by atoms with Crippen molar-refractivity contribution >= 4 is 11.6 Å². The number of benzene rings is 2. The van der Waals surface area contributed by atoms with E-state index in [1.807, 2.05) is 67.6 Å². The van der Waals surface area contributed by atoms with Crippen LogP contribution in [0.5, 0.6) is 0 Å². The van der Waals surface area contributed by atoms with Gasteiger partial charge in [0.2, 0.25) is 0 Å². The average molecular weight is 310 g/mol. The van der Waals surface area contributed by atoms with E-state index >= 15 is 0 Å². The topological polar surface area (TPSA) is 34.1 Å². The van der Waals surface area contributed by atoms with E-state index in [2.05, 4.69) is 6.92 Å². The summed E-state index contributed by atoms with van der Waals surface area (Å²) in [5, 5.41) is 0. The van der Waals surface area contributed by atoms with Crippen molar-refractivity contribution in [3.63, 3.8) is 0 Å². The zero-order chi connectivity index (χ0) is 16.9. The van der Waals surface area contributed by atoms with Crippen LogP contribution in [0.1, 0.15) is 66.7 Å². The largest absolute Gasteiger partial charge is 0.294 e. The number of ketones is 2. The third kappa shape index (κ3) is 7.55. The quantitative estimate of drug-likeness (QED) is 0.612. The van der Waals surface area contributed by atoms with Crippen LogP contribution in [-0.4, -0.2) is 11.6 Å². The smallest absolute Gasteiger partial charge is 0.162 e. The van der Waals surface area contributed by atoms with E-state index in [-0.39, 0.29) is 11.6 Å². The minimum Gasteiger partial charge on any atom is -0.294 e. The summed E-state index contributed by atoms with van der Waals surface area (Å²) in [6.45, 7) is 4.11. The molecule has 0 heterocycles. The number of hydrogen-bond donors (Lipinski definition) is 0. The molecule has 0 aliphatic heterocycles. The van der Waals surface area contributed by atoms with Gasteiger partial charge in [-0.2, -0.15) is 0 Å². The predicted molar refractivity (Wildman–Crippen MR) is 96.0 cm³/mol. The third-order valence-electron chi connectivity index (χ3n) is 3.43. The van der Waals surface area contributed by atoms with E-state index in [9.17, 15) is 9.59 Å². The second-order valence-corrected chi connectivity index (χ2v) is 5.43. The predicted octanol–water partition coefficient (Wildman–Crippen LogP) is 5.73. The van der Waals surface area contributed by atoms with Crippen LogP contribution in [0.25, 0.3) is 0 Å². The van der Waals surface area contributed by atoms with Gasteiger partial charge in [-0.1, -0.05) is 80.9 Å². The molecule has 122 valence electrons. The van der Waals surface area contributed by atoms with Crippen molar-refractivity contribution < 1.29 is 9.59 Å². The van der Waals surface area contributed by atoms with Crippen LogP contribution in [0, 0.1) is 0 Å². The number of unbranched alkanes of at least 4 members (excludes halogenated alkanes) is 1. The summed E-state index contributed by atoms with van der Waals surface area (Å²) in [5.41, 5.74) is 1.67. The Morgan fingerprint density at radius 1 is 0.652 bits per heavy atom. The summed E-state index contributed by atoms with van der Waals surface area (Å²) < 4.78 is 0. The highest BCUT2D eigenvalue weighted by Crippen LogP contribution is 2.06. The second kappa shape index (κ2) is 11.4. The Bertz CT molecular complexity index is 573. The van der Waals surface area contributed by atoms with Gasteiger partial charge in [0, 0.05) is 24.0 Å². The molecule has 0 saturated heterocycles. The molecule has 0 unspecified atom stereocenters. The SMILES string of the molecule is CCCC(=O)c1ccccc1.CCCCC(=O)c1ccccc1. The zero-order valence-corrected chi connectivity index (χ0v) is 14.1. The van der Waals surface area contributed by atoms with Gasteiger partial charge in [0.25, 0.3) is 0 Å². The number of rotatable bonds is 7. The normalized spacial score (nSPS) is 9.65. The van der Waals surface area contributed by atoms with E-state index in [1.54, 1.807) is 0 Å². The summed E-state index contributed by atoms with van der Waals surface area (Å²) >= 11 is 0. The van der Waals surface area contributed by atoms with Crippen molar-refractivity contribution in [2.24, 2.45) is 0 Å². The maximum absolute atomic E-state index is 11.4. The lowest BCUT2D eigenvalue weighted by Crippen LogP contribution is -1.97. The lowest BCUT2D eigenvalue weighted by molar-refractivity contribution is 0.0972. The Hall–Kier alpha value is -2.22. The second-order valence-electron chi connectivity index (χ2n) is 5.43. The average Bonchev–Trinajstić information content (AvgIpc) is 2.62. The van der Waals surface area contributed by atoms with E-state index < -0.39 is 0 Å². The molecule has 0 aliphatic rings. The molecule has 0 bridgehead atoms. The van der Waals surface area contributed by atoms with Crippen molar-refractivity contribution in [1.29, 1.82) is 0 Å². The van der Waals surface area contributed by atoms with Crippen molar-refractivity contribution in [3.8, 4) is 0 Å². The molecule has 0 radical (unpaired) electrons. The molecule has 0 fully saturated rings. The van der Waals surface area contributed by atoms with E-state index in [0.717, 1.165) is 30.4 Å². The fourth-order valence-electron chi connectivity index (χ4n) is 2.10. The van der Waals surface area contributed by atoms with Gasteiger partial charge in [0.15, 0.2) is 11.6 Å². The van der Waals surface area contributed by atoms with Crippen LogP contribution in [0.3, 0.4) is 0 Å². The highest BCUT2D eigenvalue weighted by molar-refractivity contribution is 5.96. The Morgan fingerprint density at radius 2 is 1.09 bits per heavy atom. The Labute approximate surface area is 139 Å². The zero-order valence-electron chi connectivity index (χ0n) is 14.1. The van der Waals surface area contributed by atoms with Crippen LogP contribution in [-0.2, 0) is 0 Å². The molecule has 23 heavy (non-hydrogen) atoms. The molecule has 2 heteroatoms. The van der Waals surface area contributed by atoms with Crippen LogP contribution in [0.4, 0.5) is 0 Å². The van der Waals surface area contributed by atoms with Crippen LogP contribution in [0.2, 0.25) is 0 Å². The van der Waals surface area contributed by atoms with Crippen molar-refractivity contribution in [2.75, 3.05) is 0 Å². The lowest BCUT2D eigenvalue weighted by atomic mass is 10.1. The van der Waals surface area contributed by atoms with Gasteiger partial charge in [-0.15, -0.1) is 0 Å². The number of carbonyl (C=O) groups excluding carboxylic acids is 2. The van der Waals surface area contributed by atoms with Gasteiger partial charge in [0.1, 0.15) is 0 Å². The molecular weight excluding hydrogens is 284 g/mol. The number of carbonyl (C=O) groups is 2. The van der Waals surface area contributed by atoms with Gasteiger partial charge in [-0.25, -0.2) is 0 Å². The number of hydrogen-bond acceptors (Lipinski definition) is 2. The molecule has 0 spiro atoms. The van der Waals surface area contributed by atoms with E-state index in [4.69, 9.17) is 0 Å². The lowest BCUT2D eigenvalue weighted by Gasteiger charge is -1.97. The van der Waals surface area contributed by atoms with E-state index in [1.165, 1.54) is 0 Å². The van der Waals surface area contributed by atoms with Crippen LogP contribution < -0.4 is 0 Å². The first-order chi connectivity index (χ1) is 11.2. The Kier molecular flexibility index (Phi) is 9.30. The first-order valence-corrected chi connectivity index (χ1v) is 8.35. The molecular formula is C21H26O2. The monoisotopic (exact) mass is 310 g/mol. The minimum absolute atomic E-state index is 0.244. The maximum Gasteiger partial charge on any atom is 0.162 e. The Balaban J connectivity index is 0.000000231. The molecule has 2 nitrogen and oxygen atoms in total. The maximum atomic E-state index is 11.4. The highest BCUT2D eigenvalue weighted by Gasteiger charge is 2.02. The van der Waals surface area contributed by atoms with Crippen molar-refractivity contribution in [2.45, 2.75) is 46.0 Å². The molecule has 0 N–H and O–H groups in total. The molecule has 0 aliphatic carbocycles. The van der Waals surface area contributed by atoms with Crippen LogP contribution in [0.15, 0.2) is 60.7 Å². The summed E-state index contributed by atoms with van der Waals surface area (Å²) in [6, 6.07) is 18.9. The standard InChI is InChI=1S/C11H14O.C10H12O/c1-2-3-9-11(12)10-7-5-4-6-8-10;1-2-6-10(11)9-7-4-3-5-8-9/h4-8H,2-3,9H2,1H3;3-5,7-8H,2,6H2,1H3. The van der Waals surface area contributed by atoms with Crippen molar-refractivity contribution in [1.82, 2.24) is 0 Å². The fourth-order valence-corrected chi connectivity index (χ4v) is 2.10. The van der Waals surface area contributed by atoms with Gasteiger partial charge < -0.3 is 0 Å². The molecule has 2 aromatic rings. The molecule has 0 atom stereocenters. The summed E-state index contributed by atoms with van der Waals surface area (Å²) in [7, 11) is 0. The van der Waals surface area contributed by atoms with Gasteiger partial charge in [-0.3, -0.25) is 9.59 Å².